The van der Waals surface area contributed by atoms with E-state index in [1.807, 2.05) is 66.7 Å². The minimum atomic E-state index is -3.07. The van der Waals surface area contributed by atoms with Crippen molar-refractivity contribution in [2.24, 2.45) is 17.8 Å². The summed E-state index contributed by atoms with van der Waals surface area (Å²) in [6, 6.07) is 37.8. The van der Waals surface area contributed by atoms with Gasteiger partial charge in [0, 0.05) is 17.5 Å². The first kappa shape index (κ1) is 43.0. The van der Waals surface area contributed by atoms with Crippen LogP contribution in [0.1, 0.15) is 65.4 Å². The van der Waals surface area contributed by atoms with E-state index >= 15 is 0 Å². The molecular weight excluding hydrogens is 795 g/mol. The molecule has 0 radical (unpaired) electrons. The van der Waals surface area contributed by atoms with Crippen molar-refractivity contribution < 1.29 is 33.7 Å². The number of hydrogen-bond acceptors (Lipinski definition) is 8. The van der Waals surface area contributed by atoms with E-state index < -0.39 is 56.0 Å². The Morgan fingerprint density at radius 3 is 2.19 bits per heavy atom. The molecule has 2 aliphatic heterocycles. The third-order valence-electron chi connectivity index (χ3n) is 13.1. The average molecular weight is 849 g/mol. The number of benzene rings is 5. The molecule has 0 saturated carbocycles. The third kappa shape index (κ3) is 7.96. The lowest BCUT2D eigenvalue weighted by Gasteiger charge is -2.46. The molecule has 0 bridgehead atoms. The van der Waals surface area contributed by atoms with Crippen molar-refractivity contribution in [3.05, 3.63) is 154 Å². The van der Waals surface area contributed by atoms with Crippen molar-refractivity contribution in [1.82, 2.24) is 0 Å². The number of amides is 2. The summed E-state index contributed by atoms with van der Waals surface area (Å²) in [5.41, 5.74) is 3.94. The van der Waals surface area contributed by atoms with Crippen LogP contribution in [0.4, 0.5) is 11.4 Å². The van der Waals surface area contributed by atoms with Gasteiger partial charge in [0.2, 0.25) is 11.8 Å². The zero-order chi connectivity index (χ0) is 43.8. The highest BCUT2D eigenvalue weighted by Crippen LogP contribution is 2.52. The van der Waals surface area contributed by atoms with E-state index in [9.17, 15) is 29.8 Å². The molecule has 3 aliphatic rings. The molecular formula is C50H53BN2O8Si. The van der Waals surface area contributed by atoms with Gasteiger partial charge in [0.25, 0.3) is 14.0 Å². The molecule has 0 aromatic heterocycles. The Bertz CT molecular complexity index is 2520. The summed E-state index contributed by atoms with van der Waals surface area (Å²) in [6.45, 7) is 8.98. The lowest BCUT2D eigenvalue weighted by atomic mass is 9.58. The van der Waals surface area contributed by atoms with Crippen molar-refractivity contribution in [3.63, 3.8) is 0 Å². The molecule has 2 amide bonds. The van der Waals surface area contributed by atoms with E-state index in [0.29, 0.717) is 12.8 Å². The van der Waals surface area contributed by atoms with Crippen LogP contribution in [0.5, 0.6) is 5.75 Å². The Balaban J connectivity index is 1.22. The monoisotopic (exact) mass is 848 g/mol. The van der Waals surface area contributed by atoms with Crippen LogP contribution in [0.25, 0.3) is 16.8 Å². The number of allylic oxidation sites excluding steroid dienone is 1. The summed E-state index contributed by atoms with van der Waals surface area (Å²) in [6.07, 6.45) is 4.87. The minimum absolute atomic E-state index is 0.120. The molecule has 5 aromatic rings. The first-order chi connectivity index (χ1) is 29.8. The number of nitro benzene ring substituents is 1. The highest BCUT2D eigenvalue weighted by molar-refractivity contribution is 6.99. The number of hydrogen-bond donors (Lipinski definition) is 2. The van der Waals surface area contributed by atoms with Gasteiger partial charge in [-0.2, -0.15) is 0 Å². The number of carbonyl (C=O) groups is 2. The van der Waals surface area contributed by atoms with Gasteiger partial charge in [-0.25, -0.2) is 4.90 Å². The van der Waals surface area contributed by atoms with Crippen LogP contribution in [0.2, 0.25) is 11.4 Å². The Kier molecular flexibility index (Phi) is 12.2. The highest BCUT2D eigenvalue weighted by Gasteiger charge is 2.58. The van der Waals surface area contributed by atoms with Crippen LogP contribution >= 0.6 is 0 Å². The van der Waals surface area contributed by atoms with Gasteiger partial charge in [-0.05, 0) is 87.6 Å². The fraction of sp³-hybridized carbons (Fsp3) is 0.320. The van der Waals surface area contributed by atoms with Crippen molar-refractivity contribution in [1.29, 1.82) is 0 Å². The van der Waals surface area contributed by atoms with E-state index in [4.69, 9.17) is 9.08 Å². The number of anilines is 1. The summed E-state index contributed by atoms with van der Waals surface area (Å²) in [4.78, 5) is 41.6. The molecule has 2 heterocycles. The number of imide groups is 1. The van der Waals surface area contributed by atoms with E-state index in [-0.39, 0.29) is 41.5 Å². The molecule has 62 heavy (non-hydrogen) atoms. The second-order valence-electron chi connectivity index (χ2n) is 17.9. The van der Waals surface area contributed by atoms with Gasteiger partial charge in [0.15, 0.2) is 0 Å². The van der Waals surface area contributed by atoms with Gasteiger partial charge in [-0.3, -0.25) is 19.7 Å². The standard InChI is InChI=1S/C50H53BN2O8Si/c1-5-15-33(28-34-25-26-44(54)41-23-13-12-22-40(34)41)24-27-45-46-35(32-60-62(50(2,3)4,38-18-8-6-9-19-38)39-20-10-7-11-21-39)29-42-47(43(46)31-51(57)61-45)49(56)52(48(42)55)36-16-14-17-37(30-36)53(58)59/h6-14,16-23,25-26,28,30,42-43,45,47,54,57H,5,15,24,27,29,31-32H2,1-4H3/b33-28+/t42-,43+,45-,47-/m1/s1. The lowest BCUT2D eigenvalue weighted by Crippen LogP contribution is -2.66. The molecule has 5 aromatic carbocycles. The van der Waals surface area contributed by atoms with E-state index in [2.05, 4.69) is 58.0 Å². The summed E-state index contributed by atoms with van der Waals surface area (Å²) >= 11 is 0. The number of rotatable bonds is 13. The van der Waals surface area contributed by atoms with Gasteiger partial charge < -0.3 is 19.2 Å². The van der Waals surface area contributed by atoms with Crippen molar-refractivity contribution >= 4 is 65.8 Å². The van der Waals surface area contributed by atoms with E-state index in [1.54, 1.807) is 12.1 Å². The number of aromatic hydroxyl groups is 1. The molecule has 4 atom stereocenters. The van der Waals surface area contributed by atoms with Crippen LogP contribution in [-0.4, -0.2) is 55.0 Å². The number of phenolic OH excluding ortho intramolecular Hbond substituents is 1. The maximum Gasteiger partial charge on any atom is 0.455 e. The molecule has 0 spiro atoms. The molecule has 2 fully saturated rings. The Hall–Kier alpha value is -5.66. The first-order valence-corrected chi connectivity index (χ1v) is 23.6. The molecule has 12 heteroatoms. The van der Waals surface area contributed by atoms with Crippen molar-refractivity contribution in [3.8, 4) is 5.75 Å². The van der Waals surface area contributed by atoms with Gasteiger partial charge in [0.1, 0.15) is 5.75 Å². The maximum absolute atomic E-state index is 14.6. The normalized spacial score (nSPS) is 20.8. The highest BCUT2D eigenvalue weighted by atomic mass is 28.4. The maximum atomic E-state index is 14.6. The fourth-order valence-corrected chi connectivity index (χ4v) is 15.0. The summed E-state index contributed by atoms with van der Waals surface area (Å²) < 4.78 is 14.0. The van der Waals surface area contributed by atoms with Crippen LogP contribution in [0.15, 0.2) is 138 Å². The van der Waals surface area contributed by atoms with Gasteiger partial charge in [-0.1, -0.05) is 143 Å². The van der Waals surface area contributed by atoms with Crippen molar-refractivity contribution in [2.75, 3.05) is 11.5 Å². The van der Waals surface area contributed by atoms with Crippen molar-refractivity contribution in [2.45, 2.75) is 77.3 Å². The Labute approximate surface area is 364 Å². The smallest absolute Gasteiger partial charge is 0.455 e. The Morgan fingerprint density at radius 1 is 0.887 bits per heavy atom. The molecule has 1 aliphatic carbocycles. The summed E-state index contributed by atoms with van der Waals surface area (Å²) in [5, 5.41) is 37.5. The molecule has 10 nitrogen and oxygen atoms in total. The first-order valence-electron chi connectivity index (χ1n) is 21.6. The zero-order valence-corrected chi connectivity index (χ0v) is 36.7. The number of non-ortho nitro benzene ring substituents is 1. The predicted molar refractivity (Wildman–Crippen MR) is 247 cm³/mol. The number of nitrogens with zero attached hydrogens (tertiary/aromatic N) is 2. The number of fused-ring (bicyclic) bond motifs is 4. The van der Waals surface area contributed by atoms with Crippen LogP contribution < -0.4 is 15.3 Å². The molecule has 0 unspecified atom stereocenters. The number of carbonyl (C=O) groups excluding carboxylic acids is 2. The molecule has 2 N–H and O–H groups in total. The second-order valence-corrected chi connectivity index (χ2v) is 22.2. The number of nitro groups is 1. The van der Waals surface area contributed by atoms with Gasteiger partial charge >= 0.3 is 7.12 Å². The van der Waals surface area contributed by atoms with E-state index in [1.165, 1.54) is 23.8 Å². The van der Waals surface area contributed by atoms with Crippen LogP contribution in [-0.2, 0) is 18.7 Å². The second kappa shape index (κ2) is 17.6. The quantitative estimate of drug-likeness (QED) is 0.0394. The molecule has 8 rings (SSSR count). The Morgan fingerprint density at radius 2 is 1.55 bits per heavy atom. The topological polar surface area (TPSA) is 139 Å². The largest absolute Gasteiger partial charge is 0.507 e. The fourth-order valence-electron chi connectivity index (χ4n) is 10.4. The third-order valence-corrected chi connectivity index (χ3v) is 18.1. The SMILES string of the molecule is CCC/C(=C\c1ccc(O)c2ccccc12)CC[C@H]1OB(O)C[C@H]2C1=C(CO[Si](c1ccccc1)(c1ccccc1)C(C)(C)C)C[C@H]1C(=O)N(c3cccc([N+](=O)[O-])c3)C(=O)[C@H]12. The van der Waals surface area contributed by atoms with Gasteiger partial charge in [0.05, 0.1) is 35.2 Å². The van der Waals surface area contributed by atoms with E-state index in [0.717, 1.165) is 55.6 Å². The summed E-state index contributed by atoms with van der Waals surface area (Å²) in [5.74, 6) is -2.67. The molecule has 318 valence electrons. The average Bonchev–Trinajstić information content (AvgIpc) is 3.52. The van der Waals surface area contributed by atoms with Crippen LogP contribution in [0, 0.1) is 27.9 Å². The predicted octanol–water partition coefficient (Wildman–Crippen LogP) is 9.00. The summed E-state index contributed by atoms with van der Waals surface area (Å²) in [7, 11) is -4.25. The van der Waals surface area contributed by atoms with Gasteiger partial charge in [-0.15, -0.1) is 0 Å². The number of phenols is 1. The van der Waals surface area contributed by atoms with Crippen LogP contribution in [0.3, 0.4) is 0 Å². The lowest BCUT2D eigenvalue weighted by molar-refractivity contribution is -0.384. The minimum Gasteiger partial charge on any atom is -0.507 e. The molecule has 2 saturated heterocycles. The zero-order valence-electron chi connectivity index (χ0n) is 35.7.